The van der Waals surface area contributed by atoms with Gasteiger partial charge in [0, 0.05) is 19.6 Å². The number of guanidine groups is 1. The lowest BCUT2D eigenvalue weighted by Gasteiger charge is -2.19. The van der Waals surface area contributed by atoms with E-state index >= 15 is 0 Å². The molecule has 0 aliphatic heterocycles. The molecule has 2 aromatic heterocycles. The van der Waals surface area contributed by atoms with Gasteiger partial charge in [-0.05, 0) is 44.5 Å². The van der Waals surface area contributed by atoms with Crippen LogP contribution in [0.2, 0.25) is 0 Å². The Bertz CT molecular complexity index is 874. The highest BCUT2D eigenvalue weighted by Crippen LogP contribution is 2.21. The van der Waals surface area contributed by atoms with Crippen LogP contribution >= 0.6 is 24.0 Å². The first-order valence-corrected chi connectivity index (χ1v) is 9.28. The van der Waals surface area contributed by atoms with Gasteiger partial charge in [0.25, 0.3) is 0 Å². The van der Waals surface area contributed by atoms with E-state index < -0.39 is 5.60 Å². The zero-order chi connectivity index (χ0) is 19.1. The number of hydrogen-bond acceptors (Lipinski definition) is 4. The van der Waals surface area contributed by atoms with E-state index in [4.69, 9.17) is 4.42 Å². The Morgan fingerprint density at radius 1 is 1.25 bits per heavy atom. The normalized spacial score (nSPS) is 13.8. The predicted molar refractivity (Wildman–Crippen MR) is 122 cm³/mol. The van der Waals surface area contributed by atoms with Gasteiger partial charge >= 0.3 is 0 Å². The zero-order valence-corrected chi connectivity index (χ0v) is 18.6. The van der Waals surface area contributed by atoms with Crippen LogP contribution in [-0.4, -0.2) is 40.3 Å². The van der Waals surface area contributed by atoms with Crippen LogP contribution in [0.25, 0.3) is 11.0 Å². The van der Waals surface area contributed by atoms with Gasteiger partial charge in [-0.3, -0.25) is 0 Å². The van der Waals surface area contributed by atoms with Gasteiger partial charge in [0.05, 0.1) is 30.2 Å². The quantitative estimate of drug-likeness (QED) is 0.193. The number of benzene rings is 1. The van der Waals surface area contributed by atoms with Crippen molar-refractivity contribution in [2.45, 2.75) is 32.4 Å². The van der Waals surface area contributed by atoms with Crippen molar-refractivity contribution in [1.82, 2.24) is 20.2 Å². The smallest absolute Gasteiger partial charge is 0.191 e. The Labute approximate surface area is 182 Å². The van der Waals surface area contributed by atoms with Crippen LogP contribution in [0.15, 0.2) is 58.4 Å². The summed E-state index contributed by atoms with van der Waals surface area (Å²) in [7, 11) is 0. The van der Waals surface area contributed by atoms with Gasteiger partial charge in [0.15, 0.2) is 5.96 Å². The number of fused-ring (bicyclic) bond motifs is 1. The van der Waals surface area contributed by atoms with Crippen molar-refractivity contribution in [3.05, 3.63) is 54.7 Å². The number of imidazole rings is 1. The minimum absolute atomic E-state index is 0. The lowest BCUT2D eigenvalue weighted by molar-refractivity contribution is 0.0437. The molecule has 0 saturated carbocycles. The van der Waals surface area contributed by atoms with Crippen LogP contribution in [0.3, 0.4) is 0 Å². The van der Waals surface area contributed by atoms with E-state index in [0.29, 0.717) is 11.7 Å². The molecule has 1 unspecified atom stereocenters. The van der Waals surface area contributed by atoms with E-state index in [1.54, 1.807) is 25.3 Å². The monoisotopic (exact) mass is 497 g/mol. The second-order valence-corrected chi connectivity index (χ2v) is 6.65. The SMILES string of the molecule is CCNC(=NCC(C)(O)c1ccco1)NCCCn1cnc2ccccc21.I. The first-order valence-electron chi connectivity index (χ1n) is 9.28. The summed E-state index contributed by atoms with van der Waals surface area (Å²) in [6.45, 7) is 6.31. The number of halogens is 1. The fraction of sp³-hybridized carbons (Fsp3) is 0.400. The maximum Gasteiger partial charge on any atom is 0.191 e. The summed E-state index contributed by atoms with van der Waals surface area (Å²) >= 11 is 0. The minimum Gasteiger partial charge on any atom is -0.466 e. The Morgan fingerprint density at radius 2 is 2.07 bits per heavy atom. The lowest BCUT2D eigenvalue weighted by Crippen LogP contribution is -2.39. The molecule has 152 valence electrons. The number of rotatable bonds is 8. The van der Waals surface area contributed by atoms with Crippen molar-refractivity contribution in [3.8, 4) is 0 Å². The average molecular weight is 497 g/mol. The maximum absolute atomic E-state index is 10.5. The van der Waals surface area contributed by atoms with E-state index in [2.05, 4.69) is 31.2 Å². The standard InChI is InChI=1S/C20H27N5O2.HI/c1-3-21-19(23-14-20(2,26)18-10-6-13-27-18)22-11-7-12-25-15-24-16-8-4-5-9-17(16)25;/h4-6,8-10,13,15,26H,3,7,11-12,14H2,1-2H3,(H2,21,22,23);1H. The lowest BCUT2D eigenvalue weighted by atomic mass is 10.0. The van der Waals surface area contributed by atoms with E-state index in [1.165, 1.54) is 0 Å². The number of aromatic nitrogens is 2. The maximum atomic E-state index is 10.5. The van der Waals surface area contributed by atoms with E-state index in [1.807, 2.05) is 31.5 Å². The van der Waals surface area contributed by atoms with Crippen LogP contribution in [0, 0.1) is 0 Å². The third-order valence-corrected chi connectivity index (χ3v) is 4.34. The number of hydrogen-bond donors (Lipinski definition) is 3. The summed E-state index contributed by atoms with van der Waals surface area (Å²) in [6.07, 6.45) is 4.36. The molecule has 1 atom stereocenters. The molecule has 0 spiro atoms. The molecule has 1 aromatic carbocycles. The number of furan rings is 1. The number of aliphatic hydroxyl groups is 1. The van der Waals surface area contributed by atoms with Gasteiger partial charge in [-0.2, -0.15) is 0 Å². The highest BCUT2D eigenvalue weighted by molar-refractivity contribution is 14.0. The fourth-order valence-corrected chi connectivity index (χ4v) is 2.88. The van der Waals surface area contributed by atoms with Crippen LogP contribution in [0.1, 0.15) is 26.0 Å². The number of aliphatic imine (C=N–C) groups is 1. The molecule has 0 saturated heterocycles. The average Bonchev–Trinajstić information content (AvgIpc) is 3.34. The molecule has 0 aliphatic rings. The van der Waals surface area contributed by atoms with Crippen LogP contribution in [0.4, 0.5) is 0 Å². The van der Waals surface area contributed by atoms with Crippen molar-refractivity contribution in [1.29, 1.82) is 0 Å². The van der Waals surface area contributed by atoms with Gasteiger partial charge in [-0.15, -0.1) is 24.0 Å². The van der Waals surface area contributed by atoms with Gasteiger partial charge in [-0.25, -0.2) is 9.98 Å². The largest absolute Gasteiger partial charge is 0.466 e. The zero-order valence-electron chi connectivity index (χ0n) is 16.3. The van der Waals surface area contributed by atoms with E-state index in [-0.39, 0.29) is 30.5 Å². The Kier molecular flexibility index (Phi) is 8.31. The molecule has 3 aromatic rings. The van der Waals surface area contributed by atoms with Crippen LogP contribution in [-0.2, 0) is 12.1 Å². The summed E-state index contributed by atoms with van der Waals surface area (Å²) < 4.78 is 7.45. The molecule has 0 fully saturated rings. The van der Waals surface area contributed by atoms with Gasteiger partial charge in [0.1, 0.15) is 11.4 Å². The molecule has 3 N–H and O–H groups in total. The molecule has 8 heteroatoms. The summed E-state index contributed by atoms with van der Waals surface area (Å²) in [5.41, 5.74) is 1.02. The Morgan fingerprint density at radius 3 is 2.82 bits per heavy atom. The molecule has 28 heavy (non-hydrogen) atoms. The highest BCUT2D eigenvalue weighted by Gasteiger charge is 2.26. The van der Waals surface area contributed by atoms with Crippen LogP contribution in [0.5, 0.6) is 0 Å². The molecule has 0 bridgehead atoms. The highest BCUT2D eigenvalue weighted by atomic mass is 127. The summed E-state index contributed by atoms with van der Waals surface area (Å²) in [5, 5.41) is 17.0. The number of aryl methyl sites for hydroxylation is 1. The predicted octanol–water partition coefficient (Wildman–Crippen LogP) is 3.10. The minimum atomic E-state index is -1.14. The van der Waals surface area contributed by atoms with Crippen molar-refractivity contribution < 1.29 is 9.52 Å². The first-order chi connectivity index (χ1) is 13.1. The molecular weight excluding hydrogens is 469 g/mol. The topological polar surface area (TPSA) is 87.6 Å². The first kappa shape index (κ1) is 22.2. The van der Waals surface area contributed by atoms with Crippen molar-refractivity contribution in [3.63, 3.8) is 0 Å². The Hall–Kier alpha value is -2.07. The number of nitrogens with zero attached hydrogens (tertiary/aromatic N) is 3. The second-order valence-electron chi connectivity index (χ2n) is 6.65. The van der Waals surface area contributed by atoms with Crippen molar-refractivity contribution in [2.24, 2.45) is 4.99 Å². The number of para-hydroxylation sites is 2. The van der Waals surface area contributed by atoms with Gasteiger partial charge in [0.2, 0.25) is 0 Å². The summed E-state index contributed by atoms with van der Waals surface area (Å²) in [4.78, 5) is 8.90. The third kappa shape index (κ3) is 5.71. The van der Waals surface area contributed by atoms with Crippen molar-refractivity contribution >= 4 is 41.0 Å². The molecule has 0 radical (unpaired) electrons. The van der Waals surface area contributed by atoms with Crippen LogP contribution < -0.4 is 10.6 Å². The number of nitrogens with one attached hydrogen (secondary N) is 2. The van der Waals surface area contributed by atoms with Crippen molar-refractivity contribution in [2.75, 3.05) is 19.6 Å². The van der Waals surface area contributed by atoms with E-state index in [0.717, 1.165) is 37.1 Å². The van der Waals surface area contributed by atoms with Gasteiger partial charge < -0.3 is 24.7 Å². The van der Waals surface area contributed by atoms with E-state index in [9.17, 15) is 5.11 Å². The molecule has 0 amide bonds. The molecule has 0 aliphatic carbocycles. The third-order valence-electron chi connectivity index (χ3n) is 4.34. The Balaban J connectivity index is 0.00000280. The summed E-state index contributed by atoms with van der Waals surface area (Å²) in [6, 6.07) is 11.6. The molecule has 3 rings (SSSR count). The molecule has 2 heterocycles. The molecule has 7 nitrogen and oxygen atoms in total. The second kappa shape index (κ2) is 10.5. The molecular formula is C20H28IN5O2. The summed E-state index contributed by atoms with van der Waals surface area (Å²) in [5.74, 6) is 1.19. The fourth-order valence-electron chi connectivity index (χ4n) is 2.88. The van der Waals surface area contributed by atoms with Gasteiger partial charge in [-0.1, -0.05) is 12.1 Å².